The van der Waals surface area contributed by atoms with Gasteiger partial charge < -0.3 is 15.2 Å². The fourth-order valence-electron chi connectivity index (χ4n) is 2.06. The standard InChI is InChI=1S/C13H14N2O2/c14-13-11-3-5-15-7-9(11)1-2-12(13)17-10-4-6-16-8-10/h1-3,5,7,10H,4,6,8,14H2. The summed E-state index contributed by atoms with van der Waals surface area (Å²) in [6.07, 6.45) is 4.58. The number of hydrogen-bond acceptors (Lipinski definition) is 4. The van der Waals surface area contributed by atoms with Crippen LogP contribution in [-0.2, 0) is 4.74 Å². The van der Waals surface area contributed by atoms with Gasteiger partial charge in [-0.15, -0.1) is 0 Å². The summed E-state index contributed by atoms with van der Waals surface area (Å²) in [6.45, 7) is 1.41. The summed E-state index contributed by atoms with van der Waals surface area (Å²) >= 11 is 0. The highest BCUT2D eigenvalue weighted by atomic mass is 16.5. The molecule has 0 bridgehead atoms. The lowest BCUT2D eigenvalue weighted by Gasteiger charge is -2.14. The van der Waals surface area contributed by atoms with Crippen LogP contribution in [-0.4, -0.2) is 24.3 Å². The first-order valence-electron chi connectivity index (χ1n) is 5.71. The van der Waals surface area contributed by atoms with Gasteiger partial charge in [-0.05, 0) is 18.2 Å². The van der Waals surface area contributed by atoms with E-state index in [1.54, 1.807) is 12.4 Å². The molecular weight excluding hydrogens is 216 g/mol. The van der Waals surface area contributed by atoms with Crippen LogP contribution in [0.1, 0.15) is 6.42 Å². The Kier molecular flexibility index (Phi) is 2.57. The van der Waals surface area contributed by atoms with E-state index in [0.29, 0.717) is 12.3 Å². The molecule has 0 saturated carbocycles. The second kappa shape index (κ2) is 4.22. The number of nitrogen functional groups attached to an aromatic ring is 1. The van der Waals surface area contributed by atoms with E-state index in [1.807, 2.05) is 18.2 Å². The van der Waals surface area contributed by atoms with Crippen LogP contribution in [0.2, 0.25) is 0 Å². The van der Waals surface area contributed by atoms with E-state index in [-0.39, 0.29) is 6.10 Å². The Bertz CT molecular complexity index is 536. The van der Waals surface area contributed by atoms with Crippen LogP contribution in [0.15, 0.2) is 30.6 Å². The monoisotopic (exact) mass is 230 g/mol. The number of hydrogen-bond donors (Lipinski definition) is 1. The quantitative estimate of drug-likeness (QED) is 0.801. The van der Waals surface area contributed by atoms with E-state index in [2.05, 4.69) is 4.98 Å². The maximum Gasteiger partial charge on any atom is 0.143 e. The summed E-state index contributed by atoms with van der Waals surface area (Å²) in [5.41, 5.74) is 6.78. The molecule has 1 atom stereocenters. The number of benzene rings is 1. The van der Waals surface area contributed by atoms with Gasteiger partial charge in [0.2, 0.25) is 0 Å². The van der Waals surface area contributed by atoms with Gasteiger partial charge in [0.15, 0.2) is 0 Å². The van der Waals surface area contributed by atoms with Crippen LogP contribution < -0.4 is 10.5 Å². The maximum atomic E-state index is 6.10. The third-order valence-corrected chi connectivity index (χ3v) is 3.00. The molecule has 4 heteroatoms. The van der Waals surface area contributed by atoms with Gasteiger partial charge in [0.05, 0.1) is 18.9 Å². The number of aromatic nitrogens is 1. The summed E-state index contributed by atoms with van der Waals surface area (Å²) in [7, 11) is 0. The molecule has 2 heterocycles. The molecule has 1 aliphatic rings. The minimum atomic E-state index is 0.122. The Morgan fingerprint density at radius 2 is 2.29 bits per heavy atom. The molecule has 4 nitrogen and oxygen atoms in total. The summed E-state index contributed by atoms with van der Waals surface area (Å²) < 4.78 is 11.1. The fourth-order valence-corrected chi connectivity index (χ4v) is 2.06. The van der Waals surface area contributed by atoms with Crippen LogP contribution in [0.25, 0.3) is 10.8 Å². The molecule has 1 aromatic carbocycles. The molecular formula is C13H14N2O2. The molecule has 1 aliphatic heterocycles. The molecule has 88 valence electrons. The van der Waals surface area contributed by atoms with Crippen molar-refractivity contribution in [2.45, 2.75) is 12.5 Å². The molecule has 17 heavy (non-hydrogen) atoms. The van der Waals surface area contributed by atoms with Gasteiger partial charge in [0.1, 0.15) is 11.9 Å². The normalized spacial score (nSPS) is 19.6. The highest BCUT2D eigenvalue weighted by Gasteiger charge is 2.18. The molecule has 1 aromatic heterocycles. The van der Waals surface area contributed by atoms with E-state index in [4.69, 9.17) is 15.2 Å². The minimum absolute atomic E-state index is 0.122. The highest BCUT2D eigenvalue weighted by molar-refractivity contribution is 5.95. The average molecular weight is 230 g/mol. The minimum Gasteiger partial charge on any atom is -0.486 e. The SMILES string of the molecule is Nc1c(OC2CCOC2)ccc2cnccc12. The smallest absolute Gasteiger partial charge is 0.143 e. The molecule has 1 fully saturated rings. The topological polar surface area (TPSA) is 57.4 Å². The van der Waals surface area contributed by atoms with Crippen molar-refractivity contribution >= 4 is 16.5 Å². The number of nitrogens with two attached hydrogens (primary N) is 1. The second-order valence-electron chi connectivity index (χ2n) is 4.18. The van der Waals surface area contributed by atoms with Crippen molar-refractivity contribution < 1.29 is 9.47 Å². The number of ether oxygens (including phenoxy) is 2. The summed E-state index contributed by atoms with van der Waals surface area (Å²) in [5.74, 6) is 0.735. The predicted octanol–water partition coefficient (Wildman–Crippen LogP) is 1.98. The van der Waals surface area contributed by atoms with Gasteiger partial charge in [-0.25, -0.2) is 0 Å². The Labute approximate surface area is 99.4 Å². The van der Waals surface area contributed by atoms with Gasteiger partial charge in [0, 0.05) is 29.6 Å². The average Bonchev–Trinajstić information content (AvgIpc) is 2.86. The fraction of sp³-hybridized carbons (Fsp3) is 0.308. The Hall–Kier alpha value is -1.81. The first-order chi connectivity index (χ1) is 8.34. The van der Waals surface area contributed by atoms with Gasteiger partial charge in [-0.2, -0.15) is 0 Å². The Morgan fingerprint density at radius 1 is 1.35 bits per heavy atom. The van der Waals surface area contributed by atoms with Crippen LogP contribution in [0.5, 0.6) is 5.75 Å². The van der Waals surface area contributed by atoms with Crippen LogP contribution >= 0.6 is 0 Å². The van der Waals surface area contributed by atoms with Crippen LogP contribution in [0, 0.1) is 0 Å². The van der Waals surface area contributed by atoms with Gasteiger partial charge in [0.25, 0.3) is 0 Å². The lowest BCUT2D eigenvalue weighted by atomic mass is 10.1. The zero-order valence-corrected chi connectivity index (χ0v) is 9.43. The summed E-state index contributed by atoms with van der Waals surface area (Å²) in [5, 5.41) is 2.01. The van der Waals surface area contributed by atoms with Crippen molar-refractivity contribution in [3.8, 4) is 5.75 Å². The van der Waals surface area contributed by atoms with Crippen LogP contribution in [0.4, 0.5) is 5.69 Å². The third kappa shape index (κ3) is 1.91. The second-order valence-corrected chi connectivity index (χ2v) is 4.18. The molecule has 0 amide bonds. The van der Waals surface area contributed by atoms with Gasteiger partial charge in [-0.1, -0.05) is 0 Å². The summed E-state index contributed by atoms with van der Waals surface area (Å²) in [4.78, 5) is 4.07. The van der Waals surface area contributed by atoms with E-state index in [9.17, 15) is 0 Å². The molecule has 0 radical (unpaired) electrons. The molecule has 3 rings (SSSR count). The van der Waals surface area contributed by atoms with Crippen molar-refractivity contribution in [3.63, 3.8) is 0 Å². The van der Waals surface area contributed by atoms with Crippen molar-refractivity contribution in [1.82, 2.24) is 4.98 Å². The number of fused-ring (bicyclic) bond motifs is 1. The number of rotatable bonds is 2. The van der Waals surface area contributed by atoms with E-state index < -0.39 is 0 Å². The van der Waals surface area contributed by atoms with Gasteiger partial charge in [-0.3, -0.25) is 4.98 Å². The van der Waals surface area contributed by atoms with Crippen LogP contribution in [0.3, 0.4) is 0 Å². The van der Waals surface area contributed by atoms with E-state index >= 15 is 0 Å². The van der Waals surface area contributed by atoms with Gasteiger partial charge >= 0.3 is 0 Å². The zero-order valence-electron chi connectivity index (χ0n) is 9.43. The van der Waals surface area contributed by atoms with Crippen molar-refractivity contribution in [2.75, 3.05) is 18.9 Å². The number of pyridine rings is 1. The molecule has 2 aromatic rings. The molecule has 1 saturated heterocycles. The molecule has 0 aliphatic carbocycles. The lowest BCUT2D eigenvalue weighted by Crippen LogP contribution is -2.16. The molecule has 2 N–H and O–H groups in total. The van der Waals surface area contributed by atoms with E-state index in [0.717, 1.165) is 29.5 Å². The number of anilines is 1. The highest BCUT2D eigenvalue weighted by Crippen LogP contribution is 2.31. The third-order valence-electron chi connectivity index (χ3n) is 3.00. The first-order valence-corrected chi connectivity index (χ1v) is 5.71. The predicted molar refractivity (Wildman–Crippen MR) is 66.0 cm³/mol. The number of nitrogens with zero attached hydrogens (tertiary/aromatic N) is 1. The largest absolute Gasteiger partial charge is 0.486 e. The maximum absolute atomic E-state index is 6.10. The van der Waals surface area contributed by atoms with E-state index in [1.165, 1.54) is 0 Å². The summed E-state index contributed by atoms with van der Waals surface area (Å²) in [6, 6.07) is 5.78. The first kappa shape index (κ1) is 10.4. The Morgan fingerprint density at radius 3 is 3.12 bits per heavy atom. The molecule has 1 unspecified atom stereocenters. The lowest BCUT2D eigenvalue weighted by molar-refractivity contribution is 0.142. The van der Waals surface area contributed by atoms with Crippen molar-refractivity contribution in [3.05, 3.63) is 30.6 Å². The van der Waals surface area contributed by atoms with Crippen molar-refractivity contribution in [1.29, 1.82) is 0 Å². The van der Waals surface area contributed by atoms with Crippen molar-refractivity contribution in [2.24, 2.45) is 0 Å². The zero-order chi connectivity index (χ0) is 11.7. The Balaban J connectivity index is 1.96. The molecule has 0 spiro atoms.